The van der Waals surface area contributed by atoms with Gasteiger partial charge in [-0.2, -0.15) is 0 Å². The van der Waals surface area contributed by atoms with Crippen molar-refractivity contribution in [1.82, 2.24) is 0 Å². The van der Waals surface area contributed by atoms with Crippen LogP contribution in [0.15, 0.2) is 71.6 Å². The molecule has 0 aliphatic carbocycles. The van der Waals surface area contributed by atoms with E-state index in [2.05, 4.69) is 108 Å². The van der Waals surface area contributed by atoms with Crippen LogP contribution in [0, 0.1) is 41.5 Å². The van der Waals surface area contributed by atoms with Gasteiger partial charge in [0.1, 0.15) is 0 Å². The molecule has 4 aromatic carbocycles. The van der Waals surface area contributed by atoms with Crippen molar-refractivity contribution in [2.45, 2.75) is 46.4 Å². The van der Waals surface area contributed by atoms with E-state index in [-0.39, 0.29) is 51.4 Å². The standard InChI is InChI=1S/C30H30S.K.H/c1-18-7-19(2)11-24(10-18)25-16-28(26-12-20(3)8-21(4)13-26)30(31)29(17-25)27-14-22(5)9-23(6)15-27;;/h7-17,31H,1-6H3;;. The second-order valence-corrected chi connectivity index (χ2v) is 9.50. The van der Waals surface area contributed by atoms with Gasteiger partial charge in [0, 0.05) is 4.90 Å². The van der Waals surface area contributed by atoms with Crippen LogP contribution in [-0.4, -0.2) is 51.4 Å². The number of hydrogen-bond donors (Lipinski definition) is 1. The number of thiol groups is 1. The Hall–Kier alpha value is -1.13. The zero-order chi connectivity index (χ0) is 22.3. The van der Waals surface area contributed by atoms with Crippen LogP contribution in [0.5, 0.6) is 0 Å². The molecule has 0 aromatic heterocycles. The molecule has 4 aromatic rings. The molecule has 0 unspecified atom stereocenters. The Labute approximate surface area is 241 Å². The molecule has 0 aliphatic rings. The molecule has 0 bridgehead atoms. The molecule has 158 valence electrons. The van der Waals surface area contributed by atoms with E-state index in [0.717, 1.165) is 4.90 Å². The summed E-state index contributed by atoms with van der Waals surface area (Å²) < 4.78 is 0. The molecule has 0 aliphatic heterocycles. The summed E-state index contributed by atoms with van der Waals surface area (Å²) in [6, 6.07) is 24.9. The minimum absolute atomic E-state index is 0. The molecule has 0 N–H and O–H groups in total. The van der Waals surface area contributed by atoms with Crippen LogP contribution in [0.2, 0.25) is 0 Å². The van der Waals surface area contributed by atoms with Gasteiger partial charge >= 0.3 is 51.4 Å². The van der Waals surface area contributed by atoms with Crippen LogP contribution in [0.1, 0.15) is 33.4 Å². The summed E-state index contributed by atoms with van der Waals surface area (Å²) in [5.41, 5.74) is 14.9. The normalized spacial score (nSPS) is 10.7. The zero-order valence-electron chi connectivity index (χ0n) is 19.3. The van der Waals surface area contributed by atoms with Crippen molar-refractivity contribution in [3.8, 4) is 33.4 Å². The molecule has 2 heteroatoms. The molecule has 0 fully saturated rings. The molecule has 0 nitrogen and oxygen atoms in total. The Kier molecular flexibility index (Phi) is 8.30. The first-order valence-electron chi connectivity index (χ1n) is 10.8. The molecule has 0 heterocycles. The third-order valence-corrected chi connectivity index (χ3v) is 6.21. The molecular formula is C30H31KS. The molecule has 0 saturated heterocycles. The molecular weight excluding hydrogens is 431 g/mol. The van der Waals surface area contributed by atoms with E-state index in [1.807, 2.05) is 0 Å². The summed E-state index contributed by atoms with van der Waals surface area (Å²) in [6.07, 6.45) is 0. The molecule has 32 heavy (non-hydrogen) atoms. The van der Waals surface area contributed by atoms with Gasteiger partial charge in [-0.1, -0.05) is 88.0 Å². The molecule has 0 saturated carbocycles. The average molecular weight is 463 g/mol. The van der Waals surface area contributed by atoms with Crippen molar-refractivity contribution in [2.75, 3.05) is 0 Å². The first-order chi connectivity index (χ1) is 14.7. The summed E-state index contributed by atoms with van der Waals surface area (Å²) in [7, 11) is 0. The van der Waals surface area contributed by atoms with Gasteiger partial charge in [0.25, 0.3) is 0 Å². The average Bonchev–Trinajstić information content (AvgIpc) is 2.65. The monoisotopic (exact) mass is 462 g/mol. The van der Waals surface area contributed by atoms with E-state index in [1.165, 1.54) is 66.8 Å². The Bertz CT molecular complexity index is 1170. The minimum atomic E-state index is 0. The van der Waals surface area contributed by atoms with Crippen molar-refractivity contribution in [1.29, 1.82) is 0 Å². The fourth-order valence-electron chi connectivity index (χ4n) is 4.64. The maximum absolute atomic E-state index is 5.07. The van der Waals surface area contributed by atoms with E-state index in [0.29, 0.717) is 0 Å². The van der Waals surface area contributed by atoms with Crippen molar-refractivity contribution < 1.29 is 0 Å². The third kappa shape index (κ3) is 5.67. The third-order valence-electron chi connectivity index (χ3n) is 5.73. The summed E-state index contributed by atoms with van der Waals surface area (Å²) in [6.45, 7) is 13.0. The van der Waals surface area contributed by atoms with E-state index >= 15 is 0 Å². The van der Waals surface area contributed by atoms with Gasteiger partial charge in [-0.3, -0.25) is 0 Å². The van der Waals surface area contributed by atoms with Gasteiger partial charge in [-0.05, 0) is 87.1 Å². The van der Waals surface area contributed by atoms with Crippen LogP contribution in [-0.2, 0) is 0 Å². The van der Waals surface area contributed by atoms with Crippen LogP contribution in [0.25, 0.3) is 33.4 Å². The van der Waals surface area contributed by atoms with Crippen molar-refractivity contribution >= 4 is 64.0 Å². The van der Waals surface area contributed by atoms with Crippen LogP contribution < -0.4 is 0 Å². The number of benzene rings is 4. The van der Waals surface area contributed by atoms with Crippen molar-refractivity contribution in [3.63, 3.8) is 0 Å². The number of aryl methyl sites for hydroxylation is 6. The van der Waals surface area contributed by atoms with Gasteiger partial charge in [-0.25, -0.2) is 0 Å². The summed E-state index contributed by atoms with van der Waals surface area (Å²) >= 11 is 5.07. The van der Waals surface area contributed by atoms with Crippen molar-refractivity contribution in [3.05, 3.63) is 100 Å². The molecule has 0 atom stereocenters. The zero-order valence-corrected chi connectivity index (χ0v) is 20.2. The van der Waals surface area contributed by atoms with E-state index < -0.39 is 0 Å². The quantitative estimate of drug-likeness (QED) is 0.230. The SMILES string of the molecule is Cc1cc(C)cc(-c2cc(-c3cc(C)cc(C)c3)c(S)c(-c3cc(C)cc(C)c3)c2)c1.[KH]. The van der Waals surface area contributed by atoms with Crippen LogP contribution >= 0.6 is 12.6 Å². The number of hydrogen-bond acceptors (Lipinski definition) is 1. The first-order valence-corrected chi connectivity index (χ1v) is 11.3. The maximum atomic E-state index is 5.07. The fourth-order valence-corrected chi connectivity index (χ4v) is 5.03. The molecule has 0 amide bonds. The predicted octanol–water partition coefficient (Wildman–Crippen LogP) is 8.18. The van der Waals surface area contributed by atoms with Crippen LogP contribution in [0.4, 0.5) is 0 Å². The topological polar surface area (TPSA) is 0 Å². The Morgan fingerprint density at radius 3 is 0.938 bits per heavy atom. The van der Waals surface area contributed by atoms with Gasteiger partial charge in [-0.15, -0.1) is 12.6 Å². The summed E-state index contributed by atoms with van der Waals surface area (Å²) in [4.78, 5) is 1.03. The van der Waals surface area contributed by atoms with Gasteiger partial charge in [0.15, 0.2) is 0 Å². The van der Waals surface area contributed by atoms with Crippen molar-refractivity contribution in [2.24, 2.45) is 0 Å². The molecule has 0 radical (unpaired) electrons. The summed E-state index contributed by atoms with van der Waals surface area (Å²) in [5, 5.41) is 0. The van der Waals surface area contributed by atoms with E-state index in [9.17, 15) is 0 Å². The second-order valence-electron chi connectivity index (χ2n) is 9.05. The van der Waals surface area contributed by atoms with Gasteiger partial charge in [0.2, 0.25) is 0 Å². The Morgan fingerprint density at radius 2 is 0.625 bits per heavy atom. The van der Waals surface area contributed by atoms with E-state index in [1.54, 1.807) is 0 Å². The van der Waals surface area contributed by atoms with Gasteiger partial charge in [0.05, 0.1) is 0 Å². The second kappa shape index (κ2) is 10.4. The summed E-state index contributed by atoms with van der Waals surface area (Å²) in [5.74, 6) is 0. The van der Waals surface area contributed by atoms with E-state index in [4.69, 9.17) is 12.6 Å². The van der Waals surface area contributed by atoms with Gasteiger partial charge < -0.3 is 0 Å². The Morgan fingerprint density at radius 1 is 0.375 bits per heavy atom. The van der Waals surface area contributed by atoms with Crippen LogP contribution in [0.3, 0.4) is 0 Å². The number of rotatable bonds is 3. The predicted molar refractivity (Wildman–Crippen MR) is 146 cm³/mol. The fraction of sp³-hybridized carbons (Fsp3) is 0.200. The Balaban J connectivity index is 0.00000289. The first kappa shape index (κ1) is 25.5. The molecule has 4 rings (SSSR count). The molecule has 0 spiro atoms.